The molecule has 0 bridgehead atoms. The van der Waals surface area contributed by atoms with Gasteiger partial charge in [0.25, 0.3) is 0 Å². The minimum atomic E-state index is -0.934. The van der Waals surface area contributed by atoms with Gasteiger partial charge in [-0.3, -0.25) is 14.5 Å². The molecule has 0 spiro atoms. The first kappa shape index (κ1) is 18.9. The van der Waals surface area contributed by atoms with Crippen LogP contribution in [0.2, 0.25) is 0 Å². The van der Waals surface area contributed by atoms with E-state index in [1.807, 2.05) is 12.2 Å². The highest BCUT2D eigenvalue weighted by Gasteiger charge is 2.50. The van der Waals surface area contributed by atoms with Crippen LogP contribution in [0, 0.1) is 11.8 Å². The molecule has 27 heavy (non-hydrogen) atoms. The first-order chi connectivity index (χ1) is 13.0. The van der Waals surface area contributed by atoms with E-state index >= 15 is 0 Å². The lowest BCUT2D eigenvalue weighted by atomic mass is 9.85. The molecule has 1 aromatic carbocycles. The van der Waals surface area contributed by atoms with Crippen LogP contribution in [0.25, 0.3) is 0 Å². The van der Waals surface area contributed by atoms with E-state index in [0.717, 1.165) is 10.6 Å². The van der Waals surface area contributed by atoms with Gasteiger partial charge in [0.1, 0.15) is 30.8 Å². The number of esters is 1. The Labute approximate surface area is 157 Å². The lowest BCUT2D eigenvalue weighted by Gasteiger charge is -2.21. The number of hydrogen-bond donors (Lipinski definition) is 0. The Morgan fingerprint density at radius 3 is 2.15 bits per heavy atom. The number of ether oxygens (including phenoxy) is 3. The van der Waals surface area contributed by atoms with Crippen molar-refractivity contribution in [1.29, 1.82) is 0 Å². The molecule has 2 amide bonds. The number of hydrogen-bond acceptors (Lipinski definition) is 6. The standard InChI is InChI=1S/C20H23NO6/c1-13(21-18(22)16-5-3-4-6-17(16)19(21)23)20(24)27-12-11-26-15-9-7-14(25-2)8-10-15/h3-4,7-10,13,16-17H,5-6,11-12H2,1-2H3/t13-,16-,17-/m0/s1. The minimum absolute atomic E-state index is 0.0276. The van der Waals surface area contributed by atoms with Crippen molar-refractivity contribution in [2.45, 2.75) is 25.8 Å². The topological polar surface area (TPSA) is 82.1 Å². The number of likely N-dealkylation sites (tertiary alicyclic amines) is 1. The molecule has 0 saturated carbocycles. The number of nitrogens with zero attached hydrogens (tertiary/aromatic N) is 1. The van der Waals surface area contributed by atoms with Crippen molar-refractivity contribution in [2.75, 3.05) is 20.3 Å². The molecule has 1 heterocycles. The number of benzene rings is 1. The summed E-state index contributed by atoms with van der Waals surface area (Å²) in [5, 5.41) is 0. The average molecular weight is 373 g/mol. The van der Waals surface area contributed by atoms with Gasteiger partial charge in [0.15, 0.2) is 0 Å². The smallest absolute Gasteiger partial charge is 0.329 e. The van der Waals surface area contributed by atoms with Gasteiger partial charge in [0, 0.05) is 0 Å². The van der Waals surface area contributed by atoms with Gasteiger partial charge >= 0.3 is 5.97 Å². The van der Waals surface area contributed by atoms with Crippen molar-refractivity contribution in [3.05, 3.63) is 36.4 Å². The largest absolute Gasteiger partial charge is 0.497 e. The van der Waals surface area contributed by atoms with E-state index in [1.165, 1.54) is 6.92 Å². The van der Waals surface area contributed by atoms with E-state index in [1.54, 1.807) is 31.4 Å². The van der Waals surface area contributed by atoms with Crippen LogP contribution in [0.15, 0.2) is 36.4 Å². The molecule has 1 aliphatic heterocycles. The number of imide groups is 1. The maximum Gasteiger partial charge on any atom is 0.329 e. The van der Waals surface area contributed by atoms with Crippen molar-refractivity contribution < 1.29 is 28.6 Å². The molecule has 3 rings (SSSR count). The predicted molar refractivity (Wildman–Crippen MR) is 96.1 cm³/mol. The Hall–Kier alpha value is -2.83. The molecule has 144 valence electrons. The van der Waals surface area contributed by atoms with Gasteiger partial charge in [-0.1, -0.05) is 12.2 Å². The minimum Gasteiger partial charge on any atom is -0.497 e. The van der Waals surface area contributed by atoms with Crippen molar-refractivity contribution in [2.24, 2.45) is 11.8 Å². The maximum atomic E-state index is 12.5. The fourth-order valence-electron chi connectivity index (χ4n) is 3.41. The van der Waals surface area contributed by atoms with Crippen molar-refractivity contribution in [1.82, 2.24) is 4.90 Å². The number of fused-ring (bicyclic) bond motifs is 1. The Morgan fingerprint density at radius 1 is 1.04 bits per heavy atom. The third kappa shape index (κ3) is 3.97. The SMILES string of the molecule is COc1ccc(OCCOC(=O)[C@H](C)N2C(=O)[C@H]3CC=CC[C@@H]3C2=O)cc1. The van der Waals surface area contributed by atoms with Gasteiger partial charge in [0.2, 0.25) is 11.8 Å². The highest BCUT2D eigenvalue weighted by atomic mass is 16.6. The monoisotopic (exact) mass is 373 g/mol. The number of carbonyl (C=O) groups excluding carboxylic acids is 3. The van der Waals surface area contributed by atoms with Crippen LogP contribution in [0.4, 0.5) is 0 Å². The zero-order chi connectivity index (χ0) is 19.4. The number of carbonyl (C=O) groups is 3. The van der Waals surface area contributed by atoms with Gasteiger partial charge in [-0.15, -0.1) is 0 Å². The van der Waals surface area contributed by atoms with Crippen LogP contribution in [0.1, 0.15) is 19.8 Å². The number of methoxy groups -OCH3 is 1. The lowest BCUT2D eigenvalue weighted by Crippen LogP contribution is -2.44. The molecular formula is C20H23NO6. The highest BCUT2D eigenvalue weighted by Crippen LogP contribution is 2.36. The van der Waals surface area contributed by atoms with E-state index in [0.29, 0.717) is 18.6 Å². The van der Waals surface area contributed by atoms with Crippen LogP contribution < -0.4 is 9.47 Å². The molecule has 1 aromatic rings. The summed E-state index contributed by atoms with van der Waals surface area (Å²) in [5.41, 5.74) is 0. The molecule has 3 atom stereocenters. The van der Waals surface area contributed by atoms with Gasteiger partial charge in [-0.2, -0.15) is 0 Å². The first-order valence-corrected chi connectivity index (χ1v) is 8.98. The lowest BCUT2D eigenvalue weighted by molar-refractivity contribution is -0.158. The molecule has 0 N–H and O–H groups in total. The Kier molecular flexibility index (Phi) is 5.78. The van der Waals surface area contributed by atoms with Gasteiger partial charge in [-0.05, 0) is 44.0 Å². The summed E-state index contributed by atoms with van der Waals surface area (Å²) in [6.45, 7) is 1.72. The predicted octanol–water partition coefficient (Wildman–Crippen LogP) is 1.96. The molecule has 1 saturated heterocycles. The van der Waals surface area contributed by atoms with Crippen LogP contribution >= 0.6 is 0 Å². The molecule has 0 aromatic heterocycles. The summed E-state index contributed by atoms with van der Waals surface area (Å²) in [5.74, 6) is -0.532. The van der Waals surface area contributed by atoms with Gasteiger partial charge in [0.05, 0.1) is 18.9 Å². The van der Waals surface area contributed by atoms with E-state index in [2.05, 4.69) is 0 Å². The summed E-state index contributed by atoms with van der Waals surface area (Å²) in [6, 6.07) is 6.10. The fourth-order valence-corrected chi connectivity index (χ4v) is 3.41. The molecule has 2 aliphatic rings. The number of allylic oxidation sites excluding steroid dienone is 2. The second kappa shape index (κ2) is 8.24. The second-order valence-electron chi connectivity index (χ2n) is 6.57. The van der Waals surface area contributed by atoms with Crippen LogP contribution in [0.5, 0.6) is 11.5 Å². The highest BCUT2D eigenvalue weighted by molar-refractivity contribution is 6.08. The molecular weight excluding hydrogens is 350 g/mol. The zero-order valence-corrected chi connectivity index (χ0v) is 15.4. The summed E-state index contributed by atoms with van der Waals surface area (Å²) in [7, 11) is 1.58. The van der Waals surface area contributed by atoms with Crippen LogP contribution in [0.3, 0.4) is 0 Å². The Balaban J connectivity index is 1.47. The quantitative estimate of drug-likeness (QED) is 0.314. The van der Waals surface area contributed by atoms with Crippen LogP contribution in [-0.4, -0.2) is 49.0 Å². The molecule has 0 radical (unpaired) electrons. The van der Waals surface area contributed by atoms with Gasteiger partial charge in [-0.25, -0.2) is 4.79 Å². The third-order valence-corrected chi connectivity index (χ3v) is 4.93. The normalized spacial score (nSPS) is 22.4. The first-order valence-electron chi connectivity index (χ1n) is 8.98. The summed E-state index contributed by atoms with van der Waals surface area (Å²) in [4.78, 5) is 38.3. The molecule has 1 fully saturated rings. The summed E-state index contributed by atoms with van der Waals surface area (Å²) in [6.07, 6.45) is 4.91. The van der Waals surface area contributed by atoms with E-state index in [-0.39, 0.29) is 36.9 Å². The molecule has 0 unspecified atom stereocenters. The maximum absolute atomic E-state index is 12.5. The number of rotatable bonds is 7. The molecule has 7 heteroatoms. The molecule has 1 aliphatic carbocycles. The summed E-state index contributed by atoms with van der Waals surface area (Å²) >= 11 is 0. The van der Waals surface area contributed by atoms with E-state index < -0.39 is 12.0 Å². The molecule has 7 nitrogen and oxygen atoms in total. The zero-order valence-electron chi connectivity index (χ0n) is 15.4. The van der Waals surface area contributed by atoms with Crippen LogP contribution in [-0.2, 0) is 19.1 Å². The van der Waals surface area contributed by atoms with E-state index in [4.69, 9.17) is 14.2 Å². The van der Waals surface area contributed by atoms with Crippen molar-refractivity contribution in [3.63, 3.8) is 0 Å². The Morgan fingerprint density at radius 2 is 1.59 bits per heavy atom. The average Bonchev–Trinajstić information content (AvgIpc) is 2.95. The second-order valence-corrected chi connectivity index (χ2v) is 6.57. The Bertz CT molecular complexity index is 715. The van der Waals surface area contributed by atoms with Crippen molar-refractivity contribution in [3.8, 4) is 11.5 Å². The van der Waals surface area contributed by atoms with Gasteiger partial charge < -0.3 is 14.2 Å². The van der Waals surface area contributed by atoms with E-state index in [9.17, 15) is 14.4 Å². The van der Waals surface area contributed by atoms with Crippen molar-refractivity contribution >= 4 is 17.8 Å². The fraction of sp³-hybridized carbons (Fsp3) is 0.450. The third-order valence-electron chi connectivity index (χ3n) is 4.93. The number of amides is 2. The summed E-state index contributed by atoms with van der Waals surface area (Å²) < 4.78 is 15.7.